The number of nitrogens with two attached hydrogens (primary N) is 1. The van der Waals surface area contributed by atoms with Gasteiger partial charge in [-0.2, -0.15) is 9.97 Å². The van der Waals surface area contributed by atoms with Crippen LogP contribution in [0.2, 0.25) is 0 Å². The Hall–Kier alpha value is -4.51. The van der Waals surface area contributed by atoms with Crippen molar-refractivity contribution in [2.24, 2.45) is 0 Å². The summed E-state index contributed by atoms with van der Waals surface area (Å²) in [7, 11) is 0. The van der Waals surface area contributed by atoms with Crippen molar-refractivity contribution in [2.75, 3.05) is 12.3 Å². The van der Waals surface area contributed by atoms with Gasteiger partial charge in [0.05, 0.1) is 23.6 Å². The van der Waals surface area contributed by atoms with Gasteiger partial charge in [-0.1, -0.05) is 35.4 Å². The number of carbonyl (C=O) groups is 2. The quantitative estimate of drug-likeness (QED) is 0.321. The molecule has 0 saturated carbocycles. The van der Waals surface area contributed by atoms with Crippen molar-refractivity contribution >= 4 is 29.1 Å². The molecule has 0 aliphatic carbocycles. The normalized spacial score (nSPS) is 18.7. The fraction of sp³-hybridized carbons (Fsp3) is 0.345. The number of nitrogen functional groups attached to an aromatic ring is 1. The summed E-state index contributed by atoms with van der Waals surface area (Å²) < 4.78 is 25.2. The average Bonchev–Trinajstić information content (AvgIpc) is 3.51. The first-order valence-electron chi connectivity index (χ1n) is 13.0. The van der Waals surface area contributed by atoms with E-state index in [1.165, 1.54) is 0 Å². The Morgan fingerprint density at radius 2 is 1.62 bits per heavy atom. The second-order valence-corrected chi connectivity index (χ2v) is 10.0. The summed E-state index contributed by atoms with van der Waals surface area (Å²) in [6.07, 6.45) is -0.422. The van der Waals surface area contributed by atoms with E-state index in [4.69, 9.17) is 24.7 Å². The first kappa shape index (κ1) is 27.1. The van der Waals surface area contributed by atoms with Crippen LogP contribution in [0.4, 0.5) is 5.95 Å². The van der Waals surface area contributed by atoms with Gasteiger partial charge in [0.2, 0.25) is 11.8 Å². The molecule has 0 radical (unpaired) electrons. The van der Waals surface area contributed by atoms with Crippen molar-refractivity contribution in [1.82, 2.24) is 19.5 Å². The SMILES string of the molecule is Cc1ccc(C(=O)OC[C@H]2O[C@@H](n3cnc4c(OC(C)C)nc(N)nc43)C[C@@H]2OC(=O)c2ccc(C)cc2)cc1. The van der Waals surface area contributed by atoms with Crippen LogP contribution in [0, 0.1) is 13.8 Å². The molecule has 4 aromatic rings. The number of aryl methyl sites for hydroxylation is 2. The molecule has 1 aliphatic rings. The highest BCUT2D eigenvalue weighted by atomic mass is 16.6. The van der Waals surface area contributed by atoms with Crippen LogP contribution in [0.1, 0.15) is 58.3 Å². The van der Waals surface area contributed by atoms with E-state index < -0.39 is 30.4 Å². The van der Waals surface area contributed by atoms with Gasteiger partial charge in [-0.15, -0.1) is 0 Å². The number of esters is 2. The fourth-order valence-corrected chi connectivity index (χ4v) is 4.39. The second-order valence-electron chi connectivity index (χ2n) is 10.0. The molecule has 208 valence electrons. The molecule has 2 N–H and O–H groups in total. The van der Waals surface area contributed by atoms with Gasteiger partial charge >= 0.3 is 11.9 Å². The molecule has 11 nitrogen and oxygen atoms in total. The number of ether oxygens (including phenoxy) is 4. The summed E-state index contributed by atoms with van der Waals surface area (Å²) >= 11 is 0. The summed E-state index contributed by atoms with van der Waals surface area (Å²) in [6, 6.07) is 14.1. The number of anilines is 1. The van der Waals surface area contributed by atoms with Gasteiger partial charge in [-0.25, -0.2) is 14.6 Å². The summed E-state index contributed by atoms with van der Waals surface area (Å²) in [5, 5.41) is 0. The van der Waals surface area contributed by atoms with E-state index in [9.17, 15) is 9.59 Å². The Morgan fingerprint density at radius 1 is 1.00 bits per heavy atom. The Kier molecular flexibility index (Phi) is 7.65. The molecule has 0 unspecified atom stereocenters. The van der Waals surface area contributed by atoms with Gasteiger partial charge in [0, 0.05) is 6.42 Å². The lowest BCUT2D eigenvalue weighted by Gasteiger charge is -2.19. The Bertz CT molecular complexity index is 1520. The number of rotatable bonds is 8. The number of fused-ring (bicyclic) bond motifs is 1. The van der Waals surface area contributed by atoms with Crippen LogP contribution in [-0.4, -0.2) is 56.4 Å². The van der Waals surface area contributed by atoms with Gasteiger partial charge in [0.25, 0.3) is 0 Å². The summed E-state index contributed by atoms with van der Waals surface area (Å²) in [6.45, 7) is 7.49. The summed E-state index contributed by atoms with van der Waals surface area (Å²) in [5.74, 6) is -0.715. The zero-order valence-corrected chi connectivity index (χ0v) is 22.7. The smallest absolute Gasteiger partial charge is 0.338 e. The number of benzene rings is 2. The van der Waals surface area contributed by atoms with Crippen molar-refractivity contribution in [3.05, 3.63) is 77.1 Å². The van der Waals surface area contributed by atoms with E-state index in [0.717, 1.165) is 11.1 Å². The molecule has 1 saturated heterocycles. The van der Waals surface area contributed by atoms with Crippen molar-refractivity contribution in [3.8, 4) is 5.88 Å². The molecule has 1 aliphatic heterocycles. The lowest BCUT2D eigenvalue weighted by molar-refractivity contribution is -0.0563. The van der Waals surface area contributed by atoms with Crippen LogP contribution >= 0.6 is 0 Å². The van der Waals surface area contributed by atoms with Gasteiger partial charge < -0.3 is 24.7 Å². The Labute approximate surface area is 231 Å². The predicted octanol–water partition coefficient (Wildman–Crippen LogP) is 4.18. The largest absolute Gasteiger partial charge is 0.473 e. The zero-order valence-electron chi connectivity index (χ0n) is 22.7. The molecule has 40 heavy (non-hydrogen) atoms. The zero-order chi connectivity index (χ0) is 28.4. The van der Waals surface area contributed by atoms with E-state index >= 15 is 0 Å². The van der Waals surface area contributed by atoms with Crippen LogP contribution in [-0.2, 0) is 14.2 Å². The van der Waals surface area contributed by atoms with Crippen LogP contribution in [0.3, 0.4) is 0 Å². The number of aromatic nitrogens is 4. The molecule has 11 heteroatoms. The first-order chi connectivity index (χ1) is 19.2. The number of nitrogens with zero attached hydrogens (tertiary/aromatic N) is 4. The molecule has 3 atom stereocenters. The first-order valence-corrected chi connectivity index (χ1v) is 13.0. The highest BCUT2D eigenvalue weighted by Gasteiger charge is 2.41. The number of imidazole rings is 1. The molecule has 3 heterocycles. The van der Waals surface area contributed by atoms with E-state index in [2.05, 4.69) is 15.0 Å². The third-order valence-corrected chi connectivity index (χ3v) is 6.46. The maximum Gasteiger partial charge on any atom is 0.338 e. The number of carbonyl (C=O) groups excluding carboxylic acids is 2. The summed E-state index contributed by atoms with van der Waals surface area (Å²) in [4.78, 5) is 38.6. The van der Waals surface area contributed by atoms with Gasteiger partial charge in [0.1, 0.15) is 25.0 Å². The topological polar surface area (TPSA) is 141 Å². The monoisotopic (exact) mass is 545 g/mol. The Morgan fingerprint density at radius 3 is 2.25 bits per heavy atom. The fourth-order valence-electron chi connectivity index (χ4n) is 4.39. The molecule has 2 aromatic heterocycles. The van der Waals surface area contributed by atoms with E-state index in [1.807, 2.05) is 52.0 Å². The third kappa shape index (κ3) is 5.89. The van der Waals surface area contributed by atoms with Crippen molar-refractivity contribution in [1.29, 1.82) is 0 Å². The van der Waals surface area contributed by atoms with Gasteiger partial charge in [0.15, 0.2) is 11.2 Å². The van der Waals surface area contributed by atoms with Gasteiger partial charge in [-0.05, 0) is 52.0 Å². The van der Waals surface area contributed by atoms with E-state index in [-0.39, 0.29) is 31.0 Å². The predicted molar refractivity (Wildman–Crippen MR) is 146 cm³/mol. The number of hydrogen-bond acceptors (Lipinski definition) is 10. The van der Waals surface area contributed by atoms with E-state index in [1.54, 1.807) is 35.2 Å². The van der Waals surface area contributed by atoms with Crippen molar-refractivity contribution in [2.45, 2.75) is 58.7 Å². The minimum absolute atomic E-state index is 0.0221. The van der Waals surface area contributed by atoms with E-state index in [0.29, 0.717) is 22.3 Å². The molecule has 0 bridgehead atoms. The molecular formula is C29H31N5O6. The maximum atomic E-state index is 13.0. The molecule has 0 amide bonds. The van der Waals surface area contributed by atoms with Gasteiger partial charge in [-0.3, -0.25) is 4.57 Å². The second kappa shape index (κ2) is 11.3. The standard InChI is InChI=1S/C29H31N5O6/c1-16(2)38-26-24-25(32-29(30)33-26)34(15-31-24)23-13-21(40-28(36)20-11-7-18(4)8-12-20)22(39-23)14-37-27(35)19-9-5-17(3)6-10-19/h5-12,15-16,21-23H,13-14H2,1-4H3,(H2,30,32,33)/t21-,22+,23+/m0/s1. The average molecular weight is 546 g/mol. The van der Waals surface area contributed by atoms with Crippen molar-refractivity contribution < 1.29 is 28.5 Å². The molecule has 5 rings (SSSR count). The van der Waals surface area contributed by atoms with Crippen LogP contribution in [0.15, 0.2) is 54.9 Å². The van der Waals surface area contributed by atoms with Crippen molar-refractivity contribution in [3.63, 3.8) is 0 Å². The lowest BCUT2D eigenvalue weighted by atomic mass is 10.1. The minimum atomic E-state index is -0.739. The van der Waals surface area contributed by atoms with Crippen LogP contribution in [0.5, 0.6) is 5.88 Å². The molecule has 2 aromatic carbocycles. The highest BCUT2D eigenvalue weighted by molar-refractivity contribution is 5.90. The van der Waals surface area contributed by atoms with Crippen LogP contribution in [0.25, 0.3) is 11.2 Å². The number of hydrogen-bond donors (Lipinski definition) is 1. The lowest BCUT2D eigenvalue weighted by Crippen LogP contribution is -2.32. The third-order valence-electron chi connectivity index (χ3n) is 6.46. The molecule has 1 fully saturated rings. The Balaban J connectivity index is 1.39. The molecule has 0 spiro atoms. The minimum Gasteiger partial charge on any atom is -0.473 e. The maximum absolute atomic E-state index is 13.0. The highest BCUT2D eigenvalue weighted by Crippen LogP contribution is 2.35. The molecular weight excluding hydrogens is 514 g/mol. The summed E-state index contributed by atoms with van der Waals surface area (Å²) in [5.41, 5.74) is 9.67. The van der Waals surface area contributed by atoms with Crippen LogP contribution < -0.4 is 10.5 Å².